The van der Waals surface area contributed by atoms with Gasteiger partial charge in [0.05, 0.1) is 0 Å². The van der Waals surface area contributed by atoms with Crippen LogP contribution >= 0.6 is 0 Å². The molecule has 16 heavy (non-hydrogen) atoms. The van der Waals surface area contributed by atoms with Crippen LogP contribution < -0.4 is 0 Å². The molecule has 0 amide bonds. The Bertz CT molecular complexity index is 391. The van der Waals surface area contributed by atoms with Crippen LogP contribution in [0, 0.1) is 5.82 Å². The Morgan fingerprint density at radius 2 is 2.00 bits per heavy atom. The molecule has 2 aliphatic rings. The van der Waals surface area contributed by atoms with E-state index in [0.717, 1.165) is 18.5 Å². The molecule has 1 aromatic carbocycles. The predicted molar refractivity (Wildman–Crippen MR) is 59.5 cm³/mol. The highest BCUT2D eigenvalue weighted by Crippen LogP contribution is 2.43. The molecule has 1 N–H and O–H groups in total. The summed E-state index contributed by atoms with van der Waals surface area (Å²) in [5, 5.41) is 10.6. The van der Waals surface area contributed by atoms with Crippen molar-refractivity contribution in [2.45, 2.75) is 30.9 Å². The molecule has 2 saturated heterocycles. The lowest BCUT2D eigenvalue weighted by atomic mass is 9.73. The first kappa shape index (κ1) is 10.2. The van der Waals surface area contributed by atoms with Crippen molar-refractivity contribution in [3.63, 3.8) is 0 Å². The molecule has 2 atom stereocenters. The molecule has 0 unspecified atom stereocenters. The van der Waals surface area contributed by atoms with Gasteiger partial charge in [-0.3, -0.25) is 4.90 Å². The fraction of sp³-hybridized carbons (Fsp3) is 0.538. The van der Waals surface area contributed by atoms with E-state index >= 15 is 0 Å². The molecular formula is C13H16FNO. The zero-order valence-corrected chi connectivity index (χ0v) is 9.19. The average Bonchev–Trinajstić information content (AvgIpc) is 2.28. The zero-order chi connectivity index (χ0) is 11.2. The second kappa shape index (κ2) is 3.54. The lowest BCUT2D eigenvalue weighted by molar-refractivity contribution is -0.172. The topological polar surface area (TPSA) is 23.5 Å². The van der Waals surface area contributed by atoms with E-state index in [9.17, 15) is 9.50 Å². The average molecular weight is 221 g/mol. The molecule has 3 heteroatoms. The van der Waals surface area contributed by atoms with Gasteiger partial charge in [-0.05, 0) is 37.1 Å². The Labute approximate surface area is 94.7 Å². The summed E-state index contributed by atoms with van der Waals surface area (Å²) in [6, 6.07) is 6.52. The summed E-state index contributed by atoms with van der Waals surface area (Å²) in [6.45, 7) is 1.79. The molecule has 3 rings (SSSR count). The maximum absolute atomic E-state index is 12.8. The van der Waals surface area contributed by atoms with Gasteiger partial charge in [0.2, 0.25) is 0 Å². The summed E-state index contributed by atoms with van der Waals surface area (Å²) in [5.41, 5.74) is 0.116. The van der Waals surface area contributed by atoms with Gasteiger partial charge in [-0.2, -0.15) is 0 Å². The number of rotatable bonds is 1. The minimum Gasteiger partial charge on any atom is -0.382 e. The van der Waals surface area contributed by atoms with Crippen LogP contribution in [0.4, 0.5) is 4.39 Å². The molecular weight excluding hydrogens is 205 g/mol. The van der Waals surface area contributed by atoms with Crippen LogP contribution in [-0.2, 0) is 5.60 Å². The molecule has 0 aliphatic carbocycles. The van der Waals surface area contributed by atoms with Gasteiger partial charge in [-0.15, -0.1) is 0 Å². The quantitative estimate of drug-likeness (QED) is 0.782. The Balaban J connectivity index is 1.86. The van der Waals surface area contributed by atoms with Gasteiger partial charge >= 0.3 is 0 Å². The summed E-state index contributed by atoms with van der Waals surface area (Å²) in [7, 11) is 0. The van der Waals surface area contributed by atoms with Gasteiger partial charge < -0.3 is 5.11 Å². The molecule has 0 bridgehead atoms. The zero-order valence-electron chi connectivity index (χ0n) is 9.19. The molecule has 0 aromatic heterocycles. The van der Waals surface area contributed by atoms with E-state index in [-0.39, 0.29) is 11.9 Å². The van der Waals surface area contributed by atoms with Gasteiger partial charge in [-0.25, -0.2) is 4.39 Å². The summed E-state index contributed by atoms with van der Waals surface area (Å²) >= 11 is 0. The van der Waals surface area contributed by atoms with Crippen molar-refractivity contribution in [2.24, 2.45) is 0 Å². The van der Waals surface area contributed by atoms with Crippen LogP contribution in [0.2, 0.25) is 0 Å². The number of piperidine rings is 1. The number of nitrogens with zero attached hydrogens (tertiary/aromatic N) is 1. The standard InChI is InChI=1S/C13H16FNO/c14-11-6-4-10(5-7-11)13(16)9-15-8-2-1-3-12(13)15/h4-7,12,16H,1-3,8-9H2/t12-,13+/m1/s1. The van der Waals surface area contributed by atoms with Crippen LogP contribution in [0.1, 0.15) is 24.8 Å². The van der Waals surface area contributed by atoms with Crippen LogP contribution in [0.5, 0.6) is 0 Å². The van der Waals surface area contributed by atoms with E-state index in [1.807, 2.05) is 0 Å². The third kappa shape index (κ3) is 1.39. The van der Waals surface area contributed by atoms with Crippen molar-refractivity contribution >= 4 is 0 Å². The smallest absolute Gasteiger partial charge is 0.123 e. The molecule has 86 valence electrons. The van der Waals surface area contributed by atoms with E-state index in [1.54, 1.807) is 12.1 Å². The Morgan fingerprint density at radius 3 is 2.69 bits per heavy atom. The van der Waals surface area contributed by atoms with E-state index in [4.69, 9.17) is 0 Å². The van der Waals surface area contributed by atoms with Gasteiger partial charge in [-0.1, -0.05) is 18.6 Å². The Kier molecular flexibility index (Phi) is 2.26. The number of hydrogen-bond donors (Lipinski definition) is 1. The van der Waals surface area contributed by atoms with Crippen LogP contribution in [0.15, 0.2) is 24.3 Å². The van der Waals surface area contributed by atoms with Crippen LogP contribution in [0.3, 0.4) is 0 Å². The largest absolute Gasteiger partial charge is 0.382 e. The molecule has 2 heterocycles. The van der Waals surface area contributed by atoms with Gasteiger partial charge in [0.25, 0.3) is 0 Å². The molecule has 0 spiro atoms. The number of benzene rings is 1. The number of halogens is 1. The molecule has 2 nitrogen and oxygen atoms in total. The highest BCUT2D eigenvalue weighted by atomic mass is 19.1. The minimum atomic E-state index is -0.742. The minimum absolute atomic E-state index is 0.242. The maximum Gasteiger partial charge on any atom is 0.123 e. The van der Waals surface area contributed by atoms with Crippen molar-refractivity contribution in [2.75, 3.05) is 13.1 Å². The normalized spacial score (nSPS) is 34.2. The first-order valence-electron chi connectivity index (χ1n) is 5.93. The lowest BCUT2D eigenvalue weighted by Crippen LogP contribution is -2.68. The molecule has 0 saturated carbocycles. The summed E-state index contributed by atoms with van der Waals surface area (Å²) in [5.74, 6) is -0.243. The number of hydrogen-bond acceptors (Lipinski definition) is 2. The lowest BCUT2D eigenvalue weighted by Gasteiger charge is -2.57. The van der Waals surface area contributed by atoms with E-state index in [0.29, 0.717) is 6.54 Å². The fourth-order valence-corrected chi connectivity index (χ4v) is 3.05. The summed E-state index contributed by atoms with van der Waals surface area (Å²) < 4.78 is 12.8. The first-order chi connectivity index (χ1) is 7.70. The van der Waals surface area contributed by atoms with Crippen LogP contribution in [-0.4, -0.2) is 29.1 Å². The van der Waals surface area contributed by atoms with Gasteiger partial charge in [0.15, 0.2) is 0 Å². The highest BCUT2D eigenvalue weighted by molar-refractivity contribution is 5.29. The second-order valence-corrected chi connectivity index (χ2v) is 4.91. The van der Waals surface area contributed by atoms with Crippen molar-refractivity contribution in [1.29, 1.82) is 0 Å². The first-order valence-corrected chi connectivity index (χ1v) is 5.93. The van der Waals surface area contributed by atoms with E-state index < -0.39 is 5.60 Å². The van der Waals surface area contributed by atoms with Crippen LogP contribution in [0.25, 0.3) is 0 Å². The van der Waals surface area contributed by atoms with Gasteiger partial charge in [0, 0.05) is 12.6 Å². The monoisotopic (exact) mass is 221 g/mol. The third-order valence-electron chi connectivity index (χ3n) is 3.95. The molecule has 2 fully saturated rings. The van der Waals surface area contributed by atoms with Crippen molar-refractivity contribution < 1.29 is 9.50 Å². The van der Waals surface area contributed by atoms with Crippen molar-refractivity contribution in [3.8, 4) is 0 Å². The van der Waals surface area contributed by atoms with E-state index in [1.165, 1.54) is 25.0 Å². The summed E-state index contributed by atoms with van der Waals surface area (Å²) in [4.78, 5) is 2.33. The summed E-state index contributed by atoms with van der Waals surface area (Å²) in [6.07, 6.45) is 3.47. The van der Waals surface area contributed by atoms with E-state index in [2.05, 4.69) is 4.90 Å². The third-order valence-corrected chi connectivity index (χ3v) is 3.95. The second-order valence-electron chi connectivity index (χ2n) is 4.91. The van der Waals surface area contributed by atoms with Gasteiger partial charge in [0.1, 0.15) is 11.4 Å². The number of fused-ring (bicyclic) bond motifs is 1. The maximum atomic E-state index is 12.8. The van der Waals surface area contributed by atoms with Crippen molar-refractivity contribution in [1.82, 2.24) is 4.90 Å². The fourth-order valence-electron chi connectivity index (χ4n) is 3.05. The molecule has 0 radical (unpaired) electrons. The Morgan fingerprint density at radius 1 is 1.25 bits per heavy atom. The SMILES string of the molecule is O[C@]1(c2ccc(F)cc2)CN2CCCC[C@@H]21. The number of aliphatic hydroxyl groups is 1. The predicted octanol–water partition coefficient (Wildman–Crippen LogP) is 1.88. The highest BCUT2D eigenvalue weighted by Gasteiger charge is 2.52. The van der Waals surface area contributed by atoms with Crippen molar-refractivity contribution in [3.05, 3.63) is 35.6 Å². The Hall–Kier alpha value is -0.930. The molecule has 2 aliphatic heterocycles. The molecule has 1 aromatic rings.